The minimum atomic E-state index is -0.304. The van der Waals surface area contributed by atoms with Crippen molar-refractivity contribution < 1.29 is 14.0 Å². The first-order valence-electron chi connectivity index (χ1n) is 12.9. The molecule has 1 aliphatic heterocycles. The molecule has 0 spiro atoms. The molecule has 1 aromatic heterocycles. The molecule has 0 atom stereocenters. The van der Waals surface area contributed by atoms with Gasteiger partial charge < -0.3 is 14.7 Å². The van der Waals surface area contributed by atoms with Crippen LogP contribution < -0.4 is 4.90 Å². The van der Waals surface area contributed by atoms with Crippen LogP contribution in [0.1, 0.15) is 35.0 Å². The quantitative estimate of drug-likeness (QED) is 0.403. The minimum absolute atomic E-state index is 0.0133. The third kappa shape index (κ3) is 5.45. The third-order valence-electron chi connectivity index (χ3n) is 7.08. The van der Waals surface area contributed by atoms with Crippen molar-refractivity contribution in [1.82, 2.24) is 19.6 Å². The van der Waals surface area contributed by atoms with Crippen molar-refractivity contribution in [2.24, 2.45) is 0 Å². The maximum Gasteiger partial charge on any atom is 0.273 e. The fraction of sp³-hybridized carbons (Fsp3) is 0.300. The minimum Gasteiger partial charge on any atom is -0.332 e. The molecule has 0 fully saturated rings. The lowest BCUT2D eigenvalue weighted by atomic mass is 10.1. The van der Waals surface area contributed by atoms with Gasteiger partial charge in [-0.15, -0.1) is 0 Å². The number of aromatic nitrogens is 2. The Morgan fingerprint density at radius 2 is 1.63 bits per heavy atom. The van der Waals surface area contributed by atoms with E-state index in [0.717, 1.165) is 40.7 Å². The standard InChI is InChI=1S/C30H32FN5O2/c1-22(37)35-17-7-16-33(2)18-19-34(21-24-8-3-6-11-28(24)35)30(38)29-26-9-4-5-10-27(26)32-36(29)20-23-12-14-25(31)15-13-23/h3-6,8-15H,7,16-21H2,1-2H3. The molecule has 7 nitrogen and oxygen atoms in total. The van der Waals surface area contributed by atoms with Crippen molar-refractivity contribution in [3.63, 3.8) is 0 Å². The predicted octanol–water partition coefficient (Wildman–Crippen LogP) is 4.55. The molecule has 4 aromatic rings. The number of hydrogen-bond acceptors (Lipinski definition) is 4. The number of carbonyl (C=O) groups excluding carboxylic acids is 2. The molecule has 0 saturated carbocycles. The van der Waals surface area contributed by atoms with Gasteiger partial charge in [-0.2, -0.15) is 5.10 Å². The van der Waals surface area contributed by atoms with Gasteiger partial charge in [-0.1, -0.05) is 48.5 Å². The number of carbonyl (C=O) groups is 2. The summed E-state index contributed by atoms with van der Waals surface area (Å²) < 4.78 is 15.2. The second kappa shape index (κ2) is 11.1. The number of para-hydroxylation sites is 1. The van der Waals surface area contributed by atoms with E-state index in [4.69, 9.17) is 5.10 Å². The fourth-order valence-electron chi connectivity index (χ4n) is 5.05. The Morgan fingerprint density at radius 1 is 0.895 bits per heavy atom. The monoisotopic (exact) mass is 513 g/mol. The number of nitrogens with zero attached hydrogens (tertiary/aromatic N) is 5. The summed E-state index contributed by atoms with van der Waals surface area (Å²) in [5, 5.41) is 5.52. The molecule has 5 rings (SSSR count). The van der Waals surface area contributed by atoms with Crippen LogP contribution in [-0.2, 0) is 17.9 Å². The van der Waals surface area contributed by atoms with Crippen molar-refractivity contribution in [1.29, 1.82) is 0 Å². The Morgan fingerprint density at radius 3 is 2.42 bits per heavy atom. The summed E-state index contributed by atoms with van der Waals surface area (Å²) in [4.78, 5) is 32.8. The van der Waals surface area contributed by atoms with Crippen LogP contribution >= 0.6 is 0 Å². The van der Waals surface area contributed by atoms with Gasteiger partial charge in [0.15, 0.2) is 0 Å². The molecule has 3 aromatic carbocycles. The van der Waals surface area contributed by atoms with Crippen LogP contribution in [0.25, 0.3) is 10.9 Å². The molecule has 0 saturated heterocycles. The first-order valence-corrected chi connectivity index (χ1v) is 12.9. The molecule has 2 amide bonds. The molecule has 0 radical (unpaired) electrons. The van der Waals surface area contributed by atoms with Crippen LogP contribution in [0.5, 0.6) is 0 Å². The number of rotatable bonds is 3. The van der Waals surface area contributed by atoms with Gasteiger partial charge in [0.05, 0.1) is 12.1 Å². The first kappa shape index (κ1) is 25.6. The Kier molecular flexibility index (Phi) is 7.51. The van der Waals surface area contributed by atoms with Gasteiger partial charge in [-0.3, -0.25) is 14.3 Å². The Labute approximate surface area is 222 Å². The Hall–Kier alpha value is -4.04. The molecule has 8 heteroatoms. The average molecular weight is 514 g/mol. The number of hydrogen-bond donors (Lipinski definition) is 0. The lowest BCUT2D eigenvalue weighted by Crippen LogP contribution is -2.38. The zero-order valence-electron chi connectivity index (χ0n) is 21.8. The van der Waals surface area contributed by atoms with Gasteiger partial charge in [0.25, 0.3) is 5.91 Å². The molecule has 196 valence electrons. The number of fused-ring (bicyclic) bond motifs is 2. The van der Waals surface area contributed by atoms with Gasteiger partial charge in [-0.25, -0.2) is 4.39 Å². The molecule has 0 bridgehead atoms. The second-order valence-corrected chi connectivity index (χ2v) is 9.83. The smallest absolute Gasteiger partial charge is 0.273 e. The van der Waals surface area contributed by atoms with Crippen molar-refractivity contribution in [3.05, 3.63) is 95.4 Å². The molecule has 0 aliphatic carbocycles. The fourth-order valence-corrected chi connectivity index (χ4v) is 5.05. The number of likely N-dealkylation sites (N-methyl/N-ethyl adjacent to an activating group) is 1. The van der Waals surface area contributed by atoms with Crippen molar-refractivity contribution in [3.8, 4) is 0 Å². The zero-order chi connectivity index (χ0) is 26.6. The predicted molar refractivity (Wildman–Crippen MR) is 147 cm³/mol. The van der Waals surface area contributed by atoms with E-state index >= 15 is 0 Å². The van der Waals surface area contributed by atoms with Crippen LogP contribution in [0.15, 0.2) is 72.8 Å². The summed E-state index contributed by atoms with van der Waals surface area (Å²) in [6.45, 7) is 4.97. The average Bonchev–Trinajstić information content (AvgIpc) is 3.26. The Balaban J connectivity index is 1.56. The number of anilines is 1. The van der Waals surface area contributed by atoms with E-state index in [-0.39, 0.29) is 17.6 Å². The first-order chi connectivity index (χ1) is 18.4. The lowest BCUT2D eigenvalue weighted by molar-refractivity contribution is -0.116. The van der Waals surface area contributed by atoms with Gasteiger partial charge in [-0.05, 0) is 55.4 Å². The van der Waals surface area contributed by atoms with Crippen LogP contribution in [-0.4, -0.2) is 64.6 Å². The molecular formula is C30H32FN5O2. The van der Waals surface area contributed by atoms with Crippen LogP contribution in [0.4, 0.5) is 10.1 Å². The normalized spacial score (nSPS) is 15.2. The van der Waals surface area contributed by atoms with Crippen LogP contribution in [0.2, 0.25) is 0 Å². The van der Waals surface area contributed by atoms with Crippen molar-refractivity contribution >= 4 is 28.4 Å². The SMILES string of the molecule is CC(=O)N1CCCN(C)CCN(C(=O)c2c3ccccc3nn2Cc2ccc(F)cc2)Cc2ccccc21. The molecule has 38 heavy (non-hydrogen) atoms. The molecule has 0 unspecified atom stereocenters. The number of benzene rings is 3. The Bertz CT molecular complexity index is 1450. The highest BCUT2D eigenvalue weighted by Crippen LogP contribution is 2.26. The second-order valence-electron chi connectivity index (χ2n) is 9.83. The molecule has 1 aliphatic rings. The van der Waals surface area contributed by atoms with E-state index < -0.39 is 0 Å². The summed E-state index contributed by atoms with van der Waals surface area (Å²) in [6.07, 6.45) is 0.841. The van der Waals surface area contributed by atoms with Crippen LogP contribution in [0.3, 0.4) is 0 Å². The van der Waals surface area contributed by atoms with E-state index in [0.29, 0.717) is 38.4 Å². The van der Waals surface area contributed by atoms with Gasteiger partial charge in [0.1, 0.15) is 11.5 Å². The van der Waals surface area contributed by atoms with E-state index in [2.05, 4.69) is 4.90 Å². The highest BCUT2D eigenvalue weighted by atomic mass is 19.1. The summed E-state index contributed by atoms with van der Waals surface area (Å²) in [7, 11) is 2.04. The van der Waals surface area contributed by atoms with Crippen LogP contribution in [0, 0.1) is 5.82 Å². The zero-order valence-corrected chi connectivity index (χ0v) is 21.8. The largest absolute Gasteiger partial charge is 0.332 e. The van der Waals surface area contributed by atoms with Gasteiger partial charge >= 0.3 is 0 Å². The summed E-state index contributed by atoms with van der Waals surface area (Å²) in [6, 6.07) is 21.7. The highest BCUT2D eigenvalue weighted by Gasteiger charge is 2.26. The number of halogens is 1. The lowest BCUT2D eigenvalue weighted by Gasteiger charge is -2.27. The molecule has 0 N–H and O–H groups in total. The topological polar surface area (TPSA) is 61.7 Å². The highest BCUT2D eigenvalue weighted by molar-refractivity contribution is 6.05. The van der Waals surface area contributed by atoms with E-state index in [9.17, 15) is 14.0 Å². The summed E-state index contributed by atoms with van der Waals surface area (Å²) >= 11 is 0. The van der Waals surface area contributed by atoms with Gasteiger partial charge in [0.2, 0.25) is 5.91 Å². The third-order valence-corrected chi connectivity index (χ3v) is 7.08. The van der Waals surface area contributed by atoms with Gasteiger partial charge in [0, 0.05) is 44.2 Å². The molecular weight excluding hydrogens is 481 g/mol. The summed E-state index contributed by atoms with van der Waals surface area (Å²) in [5.74, 6) is -0.445. The summed E-state index contributed by atoms with van der Waals surface area (Å²) in [5.41, 5.74) is 3.86. The van der Waals surface area contributed by atoms with E-state index in [1.54, 1.807) is 23.7 Å². The number of amides is 2. The maximum atomic E-state index is 14.3. The van der Waals surface area contributed by atoms with Crippen molar-refractivity contribution in [2.45, 2.75) is 26.4 Å². The molecule has 2 heterocycles. The van der Waals surface area contributed by atoms with E-state index in [1.807, 2.05) is 65.4 Å². The van der Waals surface area contributed by atoms with E-state index in [1.165, 1.54) is 12.1 Å². The van der Waals surface area contributed by atoms with Crippen molar-refractivity contribution in [2.75, 3.05) is 38.1 Å². The maximum absolute atomic E-state index is 14.3.